The van der Waals surface area contributed by atoms with Crippen molar-refractivity contribution < 1.29 is 9.36 Å². The van der Waals surface area contributed by atoms with Gasteiger partial charge in [-0.2, -0.15) is 4.57 Å². The summed E-state index contributed by atoms with van der Waals surface area (Å²) < 4.78 is 4.57. The van der Waals surface area contributed by atoms with Crippen molar-refractivity contribution in [1.29, 1.82) is 0 Å². The molecule has 20 heavy (non-hydrogen) atoms. The van der Waals surface area contributed by atoms with Crippen molar-refractivity contribution in [3.8, 4) is 0 Å². The minimum absolute atomic E-state index is 0.174. The number of fused-ring (bicyclic) bond motifs is 1. The van der Waals surface area contributed by atoms with E-state index in [1.807, 2.05) is 49.5 Å². The number of rotatable bonds is 4. The van der Waals surface area contributed by atoms with Crippen LogP contribution in [0.25, 0.3) is 10.2 Å². The topological polar surface area (TPSA) is 20.9 Å². The zero-order valence-electron chi connectivity index (χ0n) is 11.1. The minimum Gasteiger partial charge on any atom is -0.293 e. The Morgan fingerprint density at radius 3 is 2.55 bits per heavy atom. The Morgan fingerprint density at radius 2 is 1.80 bits per heavy atom. The average Bonchev–Trinajstić information content (AvgIpc) is 2.83. The van der Waals surface area contributed by atoms with Crippen molar-refractivity contribution in [1.82, 2.24) is 0 Å². The van der Waals surface area contributed by atoms with Gasteiger partial charge >= 0.3 is 0 Å². The van der Waals surface area contributed by atoms with Crippen molar-refractivity contribution in [3.05, 3.63) is 60.2 Å². The van der Waals surface area contributed by atoms with Gasteiger partial charge in [-0.3, -0.25) is 4.79 Å². The van der Waals surface area contributed by atoms with Crippen LogP contribution in [-0.4, -0.2) is 11.5 Å². The fourth-order valence-corrected chi connectivity index (χ4v) is 4.32. The van der Waals surface area contributed by atoms with E-state index in [-0.39, 0.29) is 5.78 Å². The Hall–Kier alpha value is -1.65. The van der Waals surface area contributed by atoms with Crippen molar-refractivity contribution in [2.24, 2.45) is 7.05 Å². The van der Waals surface area contributed by atoms with Crippen LogP contribution in [0.2, 0.25) is 0 Å². The Balaban J connectivity index is 1.77. The number of carbonyl (C=O) groups is 1. The molecule has 0 spiro atoms. The van der Waals surface area contributed by atoms with Gasteiger partial charge in [-0.05, 0) is 17.8 Å². The van der Waals surface area contributed by atoms with Crippen molar-refractivity contribution >= 4 is 39.1 Å². The number of para-hydroxylation sites is 1. The predicted octanol–water partition coefficient (Wildman–Crippen LogP) is 3.70. The number of carbonyl (C=O) groups excluding carboxylic acids is 1. The smallest absolute Gasteiger partial charge is 0.293 e. The number of hydrogen-bond acceptors (Lipinski definition) is 3. The summed E-state index contributed by atoms with van der Waals surface area (Å²) >= 11 is 3.34. The number of Topliss-reactive ketones (excluding diaryl/α,β-unsaturated/α-hetero) is 1. The lowest BCUT2D eigenvalue weighted by molar-refractivity contribution is -0.676. The molecule has 0 aliphatic carbocycles. The summed E-state index contributed by atoms with van der Waals surface area (Å²) in [6.07, 6.45) is 0. The maximum absolute atomic E-state index is 12.1. The molecule has 3 rings (SSSR count). The van der Waals surface area contributed by atoms with Crippen molar-refractivity contribution in [3.63, 3.8) is 0 Å². The highest BCUT2D eigenvalue weighted by molar-refractivity contribution is 8.01. The second-order valence-corrected chi connectivity index (χ2v) is 6.73. The number of hydrogen-bond donors (Lipinski definition) is 0. The van der Waals surface area contributed by atoms with Gasteiger partial charge in [0.2, 0.25) is 5.52 Å². The van der Waals surface area contributed by atoms with Gasteiger partial charge in [0, 0.05) is 11.6 Å². The van der Waals surface area contributed by atoms with Gasteiger partial charge < -0.3 is 0 Å². The first-order valence-corrected chi connectivity index (χ1v) is 8.14. The van der Waals surface area contributed by atoms with Gasteiger partial charge in [0.05, 0.1) is 5.75 Å². The van der Waals surface area contributed by atoms with Gasteiger partial charge in [0.1, 0.15) is 11.7 Å². The maximum atomic E-state index is 12.1. The number of ketones is 1. The molecule has 0 aliphatic rings. The molecule has 0 bridgehead atoms. The van der Waals surface area contributed by atoms with Crippen LogP contribution < -0.4 is 4.57 Å². The van der Waals surface area contributed by atoms with Gasteiger partial charge in [0.15, 0.2) is 5.78 Å². The first-order valence-electron chi connectivity index (χ1n) is 6.34. The molecule has 0 N–H and O–H groups in total. The molecule has 0 radical (unpaired) electrons. The lowest BCUT2D eigenvalue weighted by Gasteiger charge is -1.97. The molecule has 4 heteroatoms. The molecular weight excluding hydrogens is 286 g/mol. The second kappa shape index (κ2) is 5.77. The largest absolute Gasteiger partial charge is 0.298 e. The van der Waals surface area contributed by atoms with E-state index in [1.165, 1.54) is 10.2 Å². The first-order chi connectivity index (χ1) is 9.75. The average molecular weight is 300 g/mol. The Labute approximate surface area is 126 Å². The predicted molar refractivity (Wildman–Crippen MR) is 84.5 cm³/mol. The Bertz CT molecular complexity index is 750. The van der Waals surface area contributed by atoms with Gasteiger partial charge in [-0.25, -0.2) is 0 Å². The van der Waals surface area contributed by atoms with Gasteiger partial charge in [-0.1, -0.05) is 53.8 Å². The third kappa shape index (κ3) is 2.62. The molecule has 1 heterocycles. The summed E-state index contributed by atoms with van der Waals surface area (Å²) in [5.41, 5.74) is 2.00. The van der Waals surface area contributed by atoms with E-state index in [9.17, 15) is 4.79 Å². The van der Waals surface area contributed by atoms with Crippen LogP contribution in [0.15, 0.2) is 58.9 Å². The Morgan fingerprint density at radius 1 is 1.10 bits per heavy atom. The molecule has 0 atom stereocenters. The van der Waals surface area contributed by atoms with Crippen molar-refractivity contribution in [2.75, 3.05) is 5.75 Å². The van der Waals surface area contributed by atoms with Gasteiger partial charge in [0.25, 0.3) is 4.34 Å². The van der Waals surface area contributed by atoms with E-state index in [1.54, 1.807) is 23.1 Å². The van der Waals surface area contributed by atoms with Crippen LogP contribution in [0.1, 0.15) is 10.4 Å². The van der Waals surface area contributed by atoms with Crippen LogP contribution in [-0.2, 0) is 7.05 Å². The number of thioether (sulfide) groups is 1. The number of thiazole rings is 1. The molecule has 0 saturated heterocycles. The lowest BCUT2D eigenvalue weighted by atomic mass is 10.2. The highest BCUT2D eigenvalue weighted by Crippen LogP contribution is 2.27. The molecule has 2 aromatic carbocycles. The quantitative estimate of drug-likeness (QED) is 0.416. The summed E-state index contributed by atoms with van der Waals surface area (Å²) in [7, 11) is 2.05. The molecule has 0 unspecified atom stereocenters. The van der Waals surface area contributed by atoms with E-state index in [0.717, 1.165) is 9.90 Å². The minimum atomic E-state index is 0.174. The summed E-state index contributed by atoms with van der Waals surface area (Å²) in [6.45, 7) is 0. The summed E-state index contributed by atoms with van der Waals surface area (Å²) in [4.78, 5) is 12.1. The second-order valence-electron chi connectivity index (χ2n) is 4.47. The van der Waals surface area contributed by atoms with Crippen LogP contribution in [0.5, 0.6) is 0 Å². The highest BCUT2D eigenvalue weighted by Gasteiger charge is 2.18. The standard InChI is InChI=1S/C16H14NOS2/c1-17-13-9-5-6-10-15(13)20-16(17)19-11-14(18)12-7-3-2-4-8-12/h2-10H,11H2,1H3/q+1. The van der Waals surface area contributed by atoms with E-state index in [0.29, 0.717) is 5.75 Å². The molecule has 1 aromatic heterocycles. The molecule has 2 nitrogen and oxygen atoms in total. The molecule has 0 fully saturated rings. The first kappa shape index (κ1) is 13.3. The number of benzene rings is 2. The monoisotopic (exact) mass is 300 g/mol. The van der Waals surface area contributed by atoms with E-state index in [4.69, 9.17) is 0 Å². The van der Waals surface area contributed by atoms with E-state index < -0.39 is 0 Å². The SMILES string of the molecule is C[n+]1c(SCC(=O)c2ccccc2)sc2ccccc21. The molecule has 3 aromatic rings. The highest BCUT2D eigenvalue weighted by atomic mass is 32.2. The fourth-order valence-electron chi connectivity index (χ4n) is 2.04. The molecule has 0 saturated carbocycles. The zero-order valence-corrected chi connectivity index (χ0v) is 12.7. The van der Waals surface area contributed by atoms with Crippen LogP contribution in [0, 0.1) is 0 Å². The molecule has 0 amide bonds. The fraction of sp³-hybridized carbons (Fsp3) is 0.125. The summed E-state index contributed by atoms with van der Waals surface area (Å²) in [6, 6.07) is 17.8. The Kier molecular flexibility index (Phi) is 3.85. The number of aryl methyl sites for hydroxylation is 1. The van der Waals surface area contributed by atoms with Gasteiger partial charge in [-0.15, -0.1) is 0 Å². The summed E-state index contributed by atoms with van der Waals surface area (Å²) in [5.74, 6) is 0.651. The van der Waals surface area contributed by atoms with Crippen LogP contribution >= 0.6 is 23.1 Å². The molecule has 100 valence electrons. The normalized spacial score (nSPS) is 10.8. The lowest BCUT2D eigenvalue weighted by Crippen LogP contribution is -2.28. The van der Waals surface area contributed by atoms with E-state index in [2.05, 4.69) is 16.7 Å². The van der Waals surface area contributed by atoms with E-state index >= 15 is 0 Å². The zero-order chi connectivity index (χ0) is 13.9. The third-order valence-electron chi connectivity index (χ3n) is 3.12. The third-order valence-corrected chi connectivity index (χ3v) is 5.66. The number of aromatic nitrogens is 1. The molecular formula is C16H14NOS2+. The van der Waals surface area contributed by atoms with Crippen molar-refractivity contribution in [2.45, 2.75) is 4.34 Å². The van der Waals surface area contributed by atoms with Crippen LogP contribution in [0.3, 0.4) is 0 Å². The maximum Gasteiger partial charge on any atom is 0.298 e. The molecule has 0 aliphatic heterocycles. The number of nitrogens with zero attached hydrogens (tertiary/aromatic N) is 1. The summed E-state index contributed by atoms with van der Waals surface area (Å²) in [5, 5.41) is 0. The van der Waals surface area contributed by atoms with Crippen LogP contribution in [0.4, 0.5) is 0 Å².